The lowest BCUT2D eigenvalue weighted by Gasteiger charge is -2.27. The molecule has 1 aliphatic rings. The number of halogens is 2. The van der Waals surface area contributed by atoms with E-state index < -0.39 is 13.2 Å². The highest BCUT2D eigenvalue weighted by molar-refractivity contribution is 7.60. The summed E-state index contributed by atoms with van der Waals surface area (Å²) in [4.78, 5) is 0. The van der Waals surface area contributed by atoms with Crippen LogP contribution in [0.2, 0.25) is 0 Å². The Morgan fingerprint density at radius 2 is 1.76 bits per heavy atom. The van der Waals surface area contributed by atoms with Gasteiger partial charge in [0.25, 0.3) is 7.37 Å². The van der Waals surface area contributed by atoms with Crippen molar-refractivity contribution in [2.45, 2.75) is 50.6 Å². The van der Waals surface area contributed by atoms with E-state index in [0.29, 0.717) is 18.1 Å². The maximum Gasteiger partial charge on any atom is 0.259 e. The Hall–Kier alpha value is -1.79. The van der Waals surface area contributed by atoms with Gasteiger partial charge in [0.05, 0.1) is 18.5 Å². The van der Waals surface area contributed by atoms with Crippen LogP contribution in [0.1, 0.15) is 44.1 Å². The van der Waals surface area contributed by atoms with E-state index in [1.54, 1.807) is 0 Å². The minimum atomic E-state index is -3.02. The van der Waals surface area contributed by atoms with Gasteiger partial charge in [0, 0.05) is 11.7 Å². The molecule has 2 aromatic rings. The number of rotatable bonds is 13. The van der Waals surface area contributed by atoms with Gasteiger partial charge in [-0.15, -0.1) is 0 Å². The van der Waals surface area contributed by atoms with Crippen LogP contribution in [0.3, 0.4) is 0 Å². The fourth-order valence-corrected chi connectivity index (χ4v) is 6.20. The summed E-state index contributed by atoms with van der Waals surface area (Å²) in [5, 5.41) is 12.5. The highest BCUT2D eigenvalue weighted by atomic mass is 35.5. The van der Waals surface area contributed by atoms with Gasteiger partial charge in [-0.2, -0.15) is 0 Å². The summed E-state index contributed by atoms with van der Waals surface area (Å²) < 4.78 is 42.4. The van der Waals surface area contributed by atoms with E-state index in [4.69, 9.17) is 25.4 Å². The number of benzene rings is 2. The molecule has 1 aliphatic carbocycles. The minimum absolute atomic E-state index is 0.000918. The van der Waals surface area contributed by atoms with Crippen LogP contribution in [0.15, 0.2) is 42.5 Å². The summed E-state index contributed by atoms with van der Waals surface area (Å²) in [7, 11) is -3.02. The molecule has 33 heavy (non-hydrogen) atoms. The molecule has 0 radical (unpaired) electrons. The number of phenolic OH excluding ortho intramolecular Hbond substituents is 1. The second kappa shape index (κ2) is 13.2. The van der Waals surface area contributed by atoms with Crippen molar-refractivity contribution in [1.82, 2.24) is 5.32 Å². The van der Waals surface area contributed by atoms with Crippen molar-refractivity contribution in [3.05, 3.63) is 53.8 Å². The van der Waals surface area contributed by atoms with Crippen LogP contribution in [0.5, 0.6) is 17.2 Å². The van der Waals surface area contributed by atoms with Gasteiger partial charge in [0.15, 0.2) is 17.9 Å². The van der Waals surface area contributed by atoms with E-state index >= 15 is 0 Å². The second-order valence-electron chi connectivity index (χ2n) is 8.32. The molecule has 182 valence electrons. The van der Waals surface area contributed by atoms with Crippen molar-refractivity contribution >= 4 is 19.2 Å². The maximum atomic E-state index is 13.3. The van der Waals surface area contributed by atoms with Crippen molar-refractivity contribution in [1.29, 1.82) is 0 Å². The quantitative estimate of drug-likeness (QED) is 0.250. The topological polar surface area (TPSA) is 77.0 Å². The standard InChI is InChI=1S/C24H32ClFNO5P/c25-32-33(29,22-5-2-1-3-6-22)18-31-20-9-7-19(8-10-20)13-15-27-14-4-16-30-21-11-12-24(28)23(26)17-21/h7-12,17,22,27-28H,1-6,13-16,18H2. The maximum absolute atomic E-state index is 13.3. The second-order valence-corrected chi connectivity index (χ2v) is 11.3. The van der Waals surface area contributed by atoms with E-state index in [1.165, 1.54) is 24.6 Å². The fourth-order valence-electron chi connectivity index (χ4n) is 3.90. The number of nitrogens with one attached hydrogen (secondary N) is 1. The third kappa shape index (κ3) is 8.18. The molecule has 2 aromatic carbocycles. The largest absolute Gasteiger partial charge is 0.505 e. The van der Waals surface area contributed by atoms with Gasteiger partial charge in [-0.3, -0.25) is 4.57 Å². The first-order valence-corrected chi connectivity index (χ1v) is 13.6. The molecule has 0 heterocycles. The van der Waals surface area contributed by atoms with Gasteiger partial charge in [-0.05, 0) is 68.6 Å². The Kier molecular flexibility index (Phi) is 10.3. The number of aromatic hydroxyl groups is 1. The molecule has 0 aromatic heterocycles. The van der Waals surface area contributed by atoms with Crippen molar-refractivity contribution in [2.75, 3.05) is 26.0 Å². The van der Waals surface area contributed by atoms with Crippen LogP contribution in [0.25, 0.3) is 0 Å². The molecule has 1 fully saturated rings. The molecule has 0 saturated heterocycles. The molecule has 0 spiro atoms. The summed E-state index contributed by atoms with van der Waals surface area (Å²) in [6, 6.07) is 11.7. The van der Waals surface area contributed by atoms with Crippen LogP contribution in [-0.2, 0) is 15.1 Å². The SMILES string of the molecule is O=P(COc1ccc(CCNCCCOc2ccc(O)c(F)c2)cc1)(OCl)C1CCCCC1. The Morgan fingerprint density at radius 3 is 2.45 bits per heavy atom. The molecule has 1 unspecified atom stereocenters. The predicted molar refractivity (Wildman–Crippen MR) is 128 cm³/mol. The molecular formula is C24H32ClFNO5P. The number of phenols is 1. The molecule has 1 saturated carbocycles. The van der Waals surface area contributed by atoms with Crippen molar-refractivity contribution < 1.29 is 27.6 Å². The zero-order valence-electron chi connectivity index (χ0n) is 18.7. The normalized spacial score (nSPS) is 16.3. The first-order valence-electron chi connectivity index (χ1n) is 11.4. The summed E-state index contributed by atoms with van der Waals surface area (Å²) in [5.74, 6) is -0.0143. The van der Waals surface area contributed by atoms with Gasteiger partial charge in [-0.1, -0.05) is 31.4 Å². The lowest BCUT2D eigenvalue weighted by Crippen LogP contribution is -2.20. The summed E-state index contributed by atoms with van der Waals surface area (Å²) >= 11 is 5.60. The summed E-state index contributed by atoms with van der Waals surface area (Å²) in [6.07, 6.45) is 6.67. The molecule has 0 aliphatic heterocycles. The lowest BCUT2D eigenvalue weighted by molar-refractivity contribution is 0.305. The molecule has 0 bridgehead atoms. The third-order valence-corrected chi connectivity index (χ3v) is 8.91. The first kappa shape index (κ1) is 25.8. The molecule has 1 atom stereocenters. The molecule has 0 amide bonds. The predicted octanol–water partition coefficient (Wildman–Crippen LogP) is 6.25. The number of ether oxygens (including phenoxy) is 2. The average Bonchev–Trinajstić information content (AvgIpc) is 2.85. The molecule has 3 rings (SSSR count). The van der Waals surface area contributed by atoms with Crippen LogP contribution < -0.4 is 14.8 Å². The van der Waals surface area contributed by atoms with E-state index in [-0.39, 0.29) is 17.8 Å². The zero-order valence-corrected chi connectivity index (χ0v) is 20.3. The fraction of sp³-hybridized carbons (Fsp3) is 0.500. The van der Waals surface area contributed by atoms with Gasteiger partial charge in [0.1, 0.15) is 11.5 Å². The van der Waals surface area contributed by atoms with Gasteiger partial charge in [-0.25, -0.2) is 8.47 Å². The zero-order chi connectivity index (χ0) is 23.5. The lowest BCUT2D eigenvalue weighted by atomic mass is 10.0. The van der Waals surface area contributed by atoms with Gasteiger partial charge in [0.2, 0.25) is 0 Å². The Bertz CT molecular complexity index is 908. The smallest absolute Gasteiger partial charge is 0.259 e. The van der Waals surface area contributed by atoms with Crippen molar-refractivity contribution in [3.8, 4) is 17.2 Å². The van der Waals surface area contributed by atoms with Crippen LogP contribution >= 0.6 is 19.2 Å². The van der Waals surface area contributed by atoms with Crippen molar-refractivity contribution in [3.63, 3.8) is 0 Å². The molecule has 9 heteroatoms. The minimum Gasteiger partial charge on any atom is -0.505 e. The molecule has 2 N–H and O–H groups in total. The summed E-state index contributed by atoms with van der Waals surface area (Å²) in [5.41, 5.74) is 1.15. The van der Waals surface area contributed by atoms with Crippen LogP contribution in [0, 0.1) is 5.82 Å². The highest BCUT2D eigenvalue weighted by Crippen LogP contribution is 2.57. The Labute approximate surface area is 200 Å². The van der Waals surface area contributed by atoms with E-state index in [0.717, 1.165) is 57.2 Å². The van der Waals surface area contributed by atoms with Gasteiger partial charge >= 0.3 is 0 Å². The van der Waals surface area contributed by atoms with E-state index in [1.807, 2.05) is 24.3 Å². The molecule has 6 nitrogen and oxygen atoms in total. The van der Waals surface area contributed by atoms with E-state index in [9.17, 15) is 14.1 Å². The van der Waals surface area contributed by atoms with Crippen molar-refractivity contribution in [2.24, 2.45) is 0 Å². The molecular weight excluding hydrogens is 468 g/mol. The monoisotopic (exact) mass is 499 g/mol. The number of hydrogen-bond donors (Lipinski definition) is 2. The first-order chi connectivity index (χ1) is 16.0. The number of hydrogen-bond acceptors (Lipinski definition) is 6. The third-order valence-electron chi connectivity index (χ3n) is 5.86. The summed E-state index contributed by atoms with van der Waals surface area (Å²) in [6.45, 7) is 2.04. The average molecular weight is 500 g/mol. The van der Waals surface area contributed by atoms with Crippen LogP contribution in [-0.4, -0.2) is 36.8 Å². The van der Waals surface area contributed by atoms with Crippen LogP contribution in [0.4, 0.5) is 4.39 Å². The van der Waals surface area contributed by atoms with E-state index in [2.05, 4.69) is 5.32 Å². The van der Waals surface area contributed by atoms with Gasteiger partial charge < -0.3 is 19.9 Å². The highest BCUT2D eigenvalue weighted by Gasteiger charge is 2.36. The Morgan fingerprint density at radius 1 is 1.03 bits per heavy atom. The Balaban J connectivity index is 1.30.